The molecule has 1 amide bonds. The van der Waals surface area contributed by atoms with Crippen LogP contribution in [0.2, 0.25) is 0 Å². The molecule has 0 spiro atoms. The maximum atomic E-state index is 12.2. The molecule has 3 heteroatoms. The van der Waals surface area contributed by atoms with E-state index in [0.717, 1.165) is 11.4 Å². The Kier molecular flexibility index (Phi) is 3.95. The third-order valence-electron chi connectivity index (χ3n) is 3.22. The summed E-state index contributed by atoms with van der Waals surface area (Å²) in [6.45, 7) is 5.92. The number of anilines is 1. The number of hydrogen-bond acceptors (Lipinski definition) is 1. The number of carbonyl (C=O) groups is 1. The Hall–Kier alpha value is -2.16. The van der Waals surface area contributed by atoms with Crippen molar-refractivity contribution in [2.45, 2.75) is 26.8 Å². The Bertz CT molecular complexity index is 576. The van der Waals surface area contributed by atoms with E-state index in [4.69, 9.17) is 0 Å². The number of amides is 1. The fourth-order valence-electron chi connectivity index (χ4n) is 1.99. The summed E-state index contributed by atoms with van der Waals surface area (Å²) >= 11 is 0. The molecule has 0 radical (unpaired) electrons. The molecule has 1 aromatic carbocycles. The third kappa shape index (κ3) is 3.19. The Balaban J connectivity index is 2.12. The standard InChI is InChI=1S/C16H18N2O/c1-12-7-9-15(10-8-12)17-16(19)14(3)18-11-5-4-6-13(18)2/h4-11,14H,1-3H3/p+1/t14-/m0/s1. The van der Waals surface area contributed by atoms with Gasteiger partial charge in [0, 0.05) is 31.7 Å². The topological polar surface area (TPSA) is 33.0 Å². The van der Waals surface area contributed by atoms with Gasteiger partial charge in [-0.15, -0.1) is 0 Å². The monoisotopic (exact) mass is 255 g/mol. The van der Waals surface area contributed by atoms with Crippen LogP contribution in [0.5, 0.6) is 0 Å². The van der Waals surface area contributed by atoms with Crippen LogP contribution >= 0.6 is 0 Å². The Morgan fingerprint density at radius 2 is 1.79 bits per heavy atom. The summed E-state index contributed by atoms with van der Waals surface area (Å²) in [5, 5.41) is 2.93. The maximum Gasteiger partial charge on any atom is 0.293 e. The van der Waals surface area contributed by atoms with Gasteiger partial charge in [-0.3, -0.25) is 4.79 Å². The molecule has 98 valence electrons. The Labute approximate surface area is 113 Å². The molecule has 0 aliphatic heterocycles. The van der Waals surface area contributed by atoms with Gasteiger partial charge in [-0.05, 0) is 19.1 Å². The summed E-state index contributed by atoms with van der Waals surface area (Å²) in [5.74, 6) is -0.0110. The SMILES string of the molecule is Cc1ccc(NC(=O)[C@H](C)[n+]2ccccc2C)cc1. The molecule has 0 unspecified atom stereocenters. The Morgan fingerprint density at radius 3 is 2.42 bits per heavy atom. The Morgan fingerprint density at radius 1 is 1.11 bits per heavy atom. The first-order chi connectivity index (χ1) is 9.08. The zero-order valence-electron chi connectivity index (χ0n) is 11.6. The lowest BCUT2D eigenvalue weighted by atomic mass is 10.2. The zero-order valence-corrected chi connectivity index (χ0v) is 11.6. The minimum atomic E-state index is -0.234. The van der Waals surface area contributed by atoms with Gasteiger partial charge in [0.05, 0.1) is 0 Å². The van der Waals surface area contributed by atoms with Crippen molar-refractivity contribution < 1.29 is 9.36 Å². The summed E-state index contributed by atoms with van der Waals surface area (Å²) in [6.07, 6.45) is 1.93. The number of benzene rings is 1. The van der Waals surface area contributed by atoms with Crippen molar-refractivity contribution in [3.8, 4) is 0 Å². The van der Waals surface area contributed by atoms with Gasteiger partial charge < -0.3 is 5.32 Å². The average molecular weight is 255 g/mol. The largest absolute Gasteiger partial charge is 0.320 e. The molecule has 3 nitrogen and oxygen atoms in total. The molecular weight excluding hydrogens is 236 g/mol. The van der Waals surface area contributed by atoms with Crippen LogP contribution < -0.4 is 9.88 Å². The van der Waals surface area contributed by atoms with Crippen molar-refractivity contribution in [3.05, 3.63) is 59.9 Å². The molecule has 0 aliphatic rings. The molecule has 1 atom stereocenters. The first-order valence-electron chi connectivity index (χ1n) is 6.42. The smallest absolute Gasteiger partial charge is 0.293 e. The van der Waals surface area contributed by atoms with E-state index in [9.17, 15) is 4.79 Å². The molecule has 1 aromatic heterocycles. The lowest BCUT2D eigenvalue weighted by Crippen LogP contribution is -2.46. The van der Waals surface area contributed by atoms with Crippen molar-refractivity contribution in [1.29, 1.82) is 0 Å². The number of hydrogen-bond donors (Lipinski definition) is 1. The number of nitrogens with one attached hydrogen (secondary N) is 1. The molecule has 0 aliphatic carbocycles. The van der Waals surface area contributed by atoms with Crippen molar-refractivity contribution >= 4 is 11.6 Å². The van der Waals surface area contributed by atoms with E-state index < -0.39 is 0 Å². The molecule has 19 heavy (non-hydrogen) atoms. The highest BCUT2D eigenvalue weighted by Gasteiger charge is 2.23. The predicted molar refractivity (Wildman–Crippen MR) is 75.9 cm³/mol. The summed E-state index contributed by atoms with van der Waals surface area (Å²) in [6, 6.07) is 13.5. The van der Waals surface area contributed by atoms with Gasteiger partial charge >= 0.3 is 0 Å². The fraction of sp³-hybridized carbons (Fsp3) is 0.250. The molecule has 0 bridgehead atoms. The van der Waals surface area contributed by atoms with Gasteiger partial charge in [-0.1, -0.05) is 23.8 Å². The summed E-state index contributed by atoms with van der Waals surface area (Å²) in [5.41, 5.74) is 3.07. The average Bonchev–Trinajstić information content (AvgIpc) is 2.41. The van der Waals surface area contributed by atoms with E-state index in [1.165, 1.54) is 5.56 Å². The van der Waals surface area contributed by atoms with Crippen LogP contribution in [-0.4, -0.2) is 5.91 Å². The van der Waals surface area contributed by atoms with E-state index >= 15 is 0 Å². The molecule has 1 N–H and O–H groups in total. The van der Waals surface area contributed by atoms with Gasteiger partial charge in [-0.2, -0.15) is 4.57 Å². The number of nitrogens with zero attached hydrogens (tertiary/aromatic N) is 1. The molecule has 2 rings (SSSR count). The lowest BCUT2D eigenvalue weighted by molar-refractivity contribution is -0.711. The zero-order chi connectivity index (χ0) is 13.8. The first kappa shape index (κ1) is 13.3. The number of pyridine rings is 1. The van der Waals surface area contributed by atoms with Gasteiger partial charge in [0.2, 0.25) is 6.04 Å². The van der Waals surface area contributed by atoms with Crippen LogP contribution in [0, 0.1) is 13.8 Å². The summed E-state index contributed by atoms with van der Waals surface area (Å²) in [7, 11) is 0. The number of rotatable bonds is 3. The van der Waals surface area contributed by atoms with Gasteiger partial charge in [-0.25, -0.2) is 0 Å². The van der Waals surface area contributed by atoms with Crippen LogP contribution in [0.1, 0.15) is 24.2 Å². The maximum absolute atomic E-state index is 12.2. The van der Waals surface area contributed by atoms with E-state index in [1.807, 2.05) is 74.0 Å². The summed E-state index contributed by atoms with van der Waals surface area (Å²) < 4.78 is 1.96. The van der Waals surface area contributed by atoms with Crippen molar-refractivity contribution in [2.75, 3.05) is 5.32 Å². The van der Waals surface area contributed by atoms with Gasteiger partial charge in [0.15, 0.2) is 11.9 Å². The lowest BCUT2D eigenvalue weighted by Gasteiger charge is -2.10. The van der Waals surface area contributed by atoms with E-state index in [-0.39, 0.29) is 11.9 Å². The minimum Gasteiger partial charge on any atom is -0.320 e. The van der Waals surface area contributed by atoms with Crippen LogP contribution in [0.3, 0.4) is 0 Å². The summed E-state index contributed by atoms with van der Waals surface area (Å²) in [4.78, 5) is 12.2. The quantitative estimate of drug-likeness (QED) is 0.841. The van der Waals surface area contributed by atoms with Crippen molar-refractivity contribution in [2.24, 2.45) is 0 Å². The van der Waals surface area contributed by atoms with Crippen LogP contribution in [-0.2, 0) is 4.79 Å². The van der Waals surface area contributed by atoms with E-state index in [0.29, 0.717) is 0 Å². The van der Waals surface area contributed by atoms with Crippen molar-refractivity contribution in [1.82, 2.24) is 0 Å². The minimum absolute atomic E-state index is 0.0110. The second-order valence-corrected chi connectivity index (χ2v) is 4.78. The highest BCUT2D eigenvalue weighted by molar-refractivity contribution is 5.92. The first-order valence-corrected chi connectivity index (χ1v) is 6.42. The predicted octanol–water partition coefficient (Wildman–Crippen LogP) is 2.79. The normalized spacial score (nSPS) is 11.9. The molecule has 0 saturated carbocycles. The number of aromatic nitrogens is 1. The fourth-order valence-corrected chi connectivity index (χ4v) is 1.99. The molecule has 0 fully saturated rings. The van der Waals surface area contributed by atoms with Crippen molar-refractivity contribution in [3.63, 3.8) is 0 Å². The number of carbonyl (C=O) groups excluding carboxylic acids is 1. The van der Waals surface area contributed by atoms with Crippen LogP contribution in [0.4, 0.5) is 5.69 Å². The molecule has 0 saturated heterocycles. The highest BCUT2D eigenvalue weighted by Crippen LogP contribution is 2.10. The van der Waals surface area contributed by atoms with Crippen LogP contribution in [0.25, 0.3) is 0 Å². The molecule has 1 heterocycles. The van der Waals surface area contributed by atoms with Crippen LogP contribution in [0.15, 0.2) is 48.7 Å². The second-order valence-electron chi connectivity index (χ2n) is 4.78. The molecular formula is C16H19N2O+. The second kappa shape index (κ2) is 5.65. The third-order valence-corrected chi connectivity index (χ3v) is 3.22. The van der Waals surface area contributed by atoms with Gasteiger partial charge in [0.25, 0.3) is 5.91 Å². The van der Waals surface area contributed by atoms with Gasteiger partial charge in [0.1, 0.15) is 0 Å². The number of aryl methyl sites for hydroxylation is 2. The highest BCUT2D eigenvalue weighted by atomic mass is 16.2. The van der Waals surface area contributed by atoms with E-state index in [2.05, 4.69) is 5.32 Å². The van der Waals surface area contributed by atoms with E-state index in [1.54, 1.807) is 0 Å². The molecule has 2 aromatic rings.